The maximum absolute atomic E-state index is 12.6. The topological polar surface area (TPSA) is 55.4 Å². The lowest BCUT2D eigenvalue weighted by atomic mass is 9.98. The average molecular weight is 376 g/mol. The standard InChI is InChI=1S/C21H29NO3S/c1-5-25-20(23)12-8-11-19(22-26(24)21(2,3)4)18-14-13-16-9-6-7-10-17(16)15-18/h6-7,9-10,13-15,19,22H,5,8,11-12H2,1-4H3/t19-,26-/m1/s1. The van der Waals surface area contributed by atoms with Crippen molar-refractivity contribution >= 4 is 27.7 Å². The molecule has 0 aromatic heterocycles. The number of hydrogen-bond donors (Lipinski definition) is 1. The zero-order valence-corrected chi connectivity index (χ0v) is 16.9. The molecule has 0 heterocycles. The van der Waals surface area contributed by atoms with E-state index in [1.807, 2.05) is 39.8 Å². The molecule has 2 aromatic rings. The predicted molar refractivity (Wildman–Crippen MR) is 108 cm³/mol. The first-order valence-electron chi connectivity index (χ1n) is 9.13. The lowest BCUT2D eigenvalue weighted by Crippen LogP contribution is -2.35. The highest BCUT2D eigenvalue weighted by Gasteiger charge is 2.24. The Bertz CT molecular complexity index is 767. The molecule has 0 saturated heterocycles. The van der Waals surface area contributed by atoms with E-state index in [9.17, 15) is 9.00 Å². The number of hydrogen-bond acceptors (Lipinski definition) is 3. The molecule has 4 nitrogen and oxygen atoms in total. The van der Waals surface area contributed by atoms with Gasteiger partial charge in [-0.2, -0.15) is 0 Å². The van der Waals surface area contributed by atoms with Crippen molar-refractivity contribution in [2.75, 3.05) is 6.61 Å². The number of fused-ring (bicyclic) bond motifs is 1. The Labute approximate surface area is 158 Å². The molecule has 5 heteroatoms. The van der Waals surface area contributed by atoms with Crippen LogP contribution in [-0.4, -0.2) is 21.5 Å². The second kappa shape index (κ2) is 9.28. The fourth-order valence-electron chi connectivity index (χ4n) is 2.71. The summed E-state index contributed by atoms with van der Waals surface area (Å²) in [5.41, 5.74) is 1.09. The van der Waals surface area contributed by atoms with E-state index >= 15 is 0 Å². The fraction of sp³-hybridized carbons (Fsp3) is 0.476. The van der Waals surface area contributed by atoms with Crippen molar-refractivity contribution in [3.8, 4) is 0 Å². The van der Waals surface area contributed by atoms with Crippen LogP contribution in [0.5, 0.6) is 0 Å². The molecule has 0 aliphatic heterocycles. The van der Waals surface area contributed by atoms with E-state index in [-0.39, 0.29) is 16.8 Å². The van der Waals surface area contributed by atoms with Gasteiger partial charge in [0, 0.05) is 12.5 Å². The minimum absolute atomic E-state index is 0.0749. The normalized spacial score (nSPS) is 14.2. The van der Waals surface area contributed by atoms with Gasteiger partial charge in [-0.1, -0.05) is 36.4 Å². The highest BCUT2D eigenvalue weighted by atomic mass is 32.2. The molecule has 0 saturated carbocycles. The van der Waals surface area contributed by atoms with E-state index in [1.54, 1.807) is 0 Å². The molecule has 0 spiro atoms. The minimum atomic E-state index is -1.19. The van der Waals surface area contributed by atoms with Crippen LogP contribution in [0.4, 0.5) is 0 Å². The molecule has 0 aliphatic carbocycles. The smallest absolute Gasteiger partial charge is 0.305 e. The van der Waals surface area contributed by atoms with Crippen molar-refractivity contribution in [3.63, 3.8) is 0 Å². The van der Waals surface area contributed by atoms with E-state index in [1.165, 1.54) is 5.39 Å². The van der Waals surface area contributed by atoms with Gasteiger partial charge in [0.05, 0.1) is 22.3 Å². The third-order valence-electron chi connectivity index (χ3n) is 4.16. The van der Waals surface area contributed by atoms with Gasteiger partial charge in [-0.05, 0) is 62.9 Å². The van der Waals surface area contributed by atoms with Crippen LogP contribution < -0.4 is 4.72 Å². The van der Waals surface area contributed by atoms with Gasteiger partial charge >= 0.3 is 5.97 Å². The van der Waals surface area contributed by atoms with Crippen LogP contribution in [0.1, 0.15) is 58.6 Å². The van der Waals surface area contributed by atoms with Crippen molar-refractivity contribution in [2.24, 2.45) is 0 Å². The SMILES string of the molecule is CCOC(=O)CCC[C@@H](N[S@](=O)C(C)(C)C)c1ccc2ccccc2c1. The largest absolute Gasteiger partial charge is 0.466 e. The van der Waals surface area contributed by atoms with E-state index in [4.69, 9.17) is 4.74 Å². The Morgan fingerprint density at radius 2 is 1.85 bits per heavy atom. The Morgan fingerprint density at radius 3 is 2.50 bits per heavy atom. The molecule has 142 valence electrons. The van der Waals surface area contributed by atoms with Gasteiger partial charge in [0.2, 0.25) is 0 Å². The first-order valence-corrected chi connectivity index (χ1v) is 10.3. The molecule has 2 aromatic carbocycles. The summed E-state index contributed by atoms with van der Waals surface area (Å²) >= 11 is 0. The van der Waals surface area contributed by atoms with Crippen molar-refractivity contribution in [2.45, 2.75) is 57.7 Å². The molecule has 0 bridgehead atoms. The van der Waals surface area contributed by atoms with Crippen LogP contribution >= 0.6 is 0 Å². The van der Waals surface area contributed by atoms with E-state index < -0.39 is 11.0 Å². The summed E-state index contributed by atoms with van der Waals surface area (Å²) in [7, 11) is -1.19. The Balaban J connectivity index is 2.17. The minimum Gasteiger partial charge on any atom is -0.466 e. The molecule has 0 radical (unpaired) electrons. The average Bonchev–Trinajstić information content (AvgIpc) is 2.59. The number of carbonyl (C=O) groups excluding carboxylic acids is 1. The summed E-state index contributed by atoms with van der Waals surface area (Å²) in [5, 5.41) is 2.34. The summed E-state index contributed by atoms with van der Waals surface area (Å²) in [6.07, 6.45) is 1.78. The number of esters is 1. The summed E-state index contributed by atoms with van der Waals surface area (Å²) in [4.78, 5) is 11.6. The van der Waals surface area contributed by atoms with Gasteiger partial charge in [0.25, 0.3) is 0 Å². The number of ether oxygens (including phenoxy) is 1. The number of rotatable bonds is 8. The van der Waals surface area contributed by atoms with Crippen LogP contribution in [0.25, 0.3) is 10.8 Å². The Morgan fingerprint density at radius 1 is 1.15 bits per heavy atom. The van der Waals surface area contributed by atoms with Crippen molar-refractivity contribution < 1.29 is 13.7 Å². The maximum Gasteiger partial charge on any atom is 0.305 e. The second-order valence-corrected chi connectivity index (χ2v) is 9.35. The highest BCUT2D eigenvalue weighted by Crippen LogP contribution is 2.26. The lowest BCUT2D eigenvalue weighted by Gasteiger charge is -2.25. The Kier molecular flexibility index (Phi) is 7.35. The molecule has 26 heavy (non-hydrogen) atoms. The Hall–Kier alpha value is -1.72. The van der Waals surface area contributed by atoms with Crippen LogP contribution in [0, 0.1) is 0 Å². The maximum atomic E-state index is 12.6. The van der Waals surface area contributed by atoms with Gasteiger partial charge in [-0.25, -0.2) is 8.93 Å². The lowest BCUT2D eigenvalue weighted by molar-refractivity contribution is -0.143. The van der Waals surface area contributed by atoms with E-state index in [0.717, 1.165) is 17.4 Å². The van der Waals surface area contributed by atoms with E-state index in [0.29, 0.717) is 19.4 Å². The molecule has 2 rings (SSSR count). The second-order valence-electron chi connectivity index (χ2n) is 7.36. The molecular weight excluding hydrogens is 346 g/mol. The monoisotopic (exact) mass is 375 g/mol. The quantitative estimate of drug-likeness (QED) is 0.682. The van der Waals surface area contributed by atoms with Gasteiger partial charge < -0.3 is 4.74 Å². The summed E-state index contributed by atoms with van der Waals surface area (Å²) < 4.78 is 20.5. The third-order valence-corrected chi connectivity index (χ3v) is 5.77. The van der Waals surface area contributed by atoms with Crippen LogP contribution in [-0.2, 0) is 20.5 Å². The predicted octanol–water partition coefficient (Wildman–Crippen LogP) is 4.67. The molecule has 0 aliphatic rings. The first kappa shape index (κ1) is 20.6. The van der Waals surface area contributed by atoms with Crippen LogP contribution in [0.3, 0.4) is 0 Å². The molecule has 0 fully saturated rings. The van der Waals surface area contributed by atoms with Crippen molar-refractivity contribution in [1.29, 1.82) is 0 Å². The van der Waals surface area contributed by atoms with Gasteiger partial charge in [0.1, 0.15) is 0 Å². The van der Waals surface area contributed by atoms with Crippen molar-refractivity contribution in [3.05, 3.63) is 48.0 Å². The van der Waals surface area contributed by atoms with Gasteiger partial charge in [0.15, 0.2) is 0 Å². The summed E-state index contributed by atoms with van der Waals surface area (Å²) in [6.45, 7) is 8.06. The van der Waals surface area contributed by atoms with Crippen molar-refractivity contribution in [1.82, 2.24) is 4.72 Å². The molecule has 2 atom stereocenters. The molecule has 0 unspecified atom stereocenters. The zero-order valence-electron chi connectivity index (χ0n) is 16.1. The summed E-state index contributed by atoms with van der Waals surface area (Å²) in [6, 6.07) is 14.4. The summed E-state index contributed by atoms with van der Waals surface area (Å²) in [5.74, 6) is -0.179. The number of benzene rings is 2. The molecule has 0 amide bonds. The third kappa shape index (κ3) is 5.92. The number of carbonyl (C=O) groups is 1. The molecular formula is C21H29NO3S. The first-order chi connectivity index (χ1) is 12.3. The number of nitrogens with one attached hydrogen (secondary N) is 1. The van der Waals surface area contributed by atoms with E-state index in [2.05, 4.69) is 35.1 Å². The van der Waals surface area contributed by atoms with Crippen LogP contribution in [0.15, 0.2) is 42.5 Å². The fourth-order valence-corrected chi connectivity index (χ4v) is 3.57. The molecule has 1 N–H and O–H groups in total. The van der Waals surface area contributed by atoms with Crippen LogP contribution in [0.2, 0.25) is 0 Å². The van der Waals surface area contributed by atoms with Gasteiger partial charge in [-0.3, -0.25) is 4.79 Å². The zero-order chi connectivity index (χ0) is 19.2. The highest BCUT2D eigenvalue weighted by molar-refractivity contribution is 7.84. The van der Waals surface area contributed by atoms with Gasteiger partial charge in [-0.15, -0.1) is 0 Å².